The van der Waals surface area contributed by atoms with Crippen molar-refractivity contribution in [3.05, 3.63) is 0 Å². The molecule has 36 heavy (non-hydrogen) atoms. The van der Waals surface area contributed by atoms with Crippen molar-refractivity contribution in [1.82, 2.24) is 0 Å². The Morgan fingerprint density at radius 2 is 1.36 bits per heavy atom. The second kappa shape index (κ2) is 9.87. The van der Waals surface area contributed by atoms with Crippen LogP contribution in [0.4, 0.5) is 0 Å². The summed E-state index contributed by atoms with van der Waals surface area (Å²) in [5.74, 6) is 3.87. The molecular formula is C30H60O3Si3. The van der Waals surface area contributed by atoms with Crippen molar-refractivity contribution >= 4 is 25.0 Å². The highest BCUT2D eigenvalue weighted by Gasteiger charge is 2.64. The summed E-state index contributed by atoms with van der Waals surface area (Å²) < 4.78 is 20.7. The van der Waals surface area contributed by atoms with Crippen LogP contribution in [0.3, 0.4) is 0 Å². The zero-order valence-electron chi connectivity index (χ0n) is 26.0. The van der Waals surface area contributed by atoms with Crippen molar-refractivity contribution in [3.63, 3.8) is 0 Å². The van der Waals surface area contributed by atoms with Gasteiger partial charge in [-0.05, 0) is 158 Å². The molecule has 6 heteroatoms. The highest BCUT2D eigenvalue weighted by molar-refractivity contribution is 6.70. The molecule has 3 nitrogen and oxygen atoms in total. The van der Waals surface area contributed by atoms with Gasteiger partial charge in [0.05, 0.1) is 0 Å². The van der Waals surface area contributed by atoms with Gasteiger partial charge in [-0.3, -0.25) is 0 Å². The summed E-state index contributed by atoms with van der Waals surface area (Å²) in [7, 11) is -4.72. The molecule has 4 fully saturated rings. The number of hydrogen-bond donors (Lipinski definition) is 0. The number of rotatable bonds is 7. The fourth-order valence-electron chi connectivity index (χ4n) is 9.93. The first kappa shape index (κ1) is 29.5. The molecular weight excluding hydrogens is 493 g/mol. The molecule has 0 bridgehead atoms. The second-order valence-electron chi connectivity index (χ2n) is 16.8. The van der Waals surface area contributed by atoms with Gasteiger partial charge in [-0.1, -0.05) is 13.8 Å². The van der Waals surface area contributed by atoms with Crippen LogP contribution >= 0.6 is 0 Å². The normalized spacial score (nSPS) is 44.5. The molecule has 0 heterocycles. The molecule has 0 aromatic rings. The van der Waals surface area contributed by atoms with Gasteiger partial charge in [0.1, 0.15) is 0 Å². The number of fused-ring (bicyclic) bond motifs is 5. The molecule has 0 aliphatic heterocycles. The van der Waals surface area contributed by atoms with Gasteiger partial charge in [0.2, 0.25) is 0 Å². The molecule has 0 saturated heterocycles. The quantitative estimate of drug-likeness (QED) is 0.295. The summed E-state index contributed by atoms with van der Waals surface area (Å²) in [6.07, 6.45) is 12.0. The Balaban J connectivity index is 1.63. The van der Waals surface area contributed by atoms with Crippen LogP contribution in [0.2, 0.25) is 58.9 Å². The minimum absolute atomic E-state index is 0.353. The summed E-state index contributed by atoms with van der Waals surface area (Å²) in [5, 5.41) is 0. The molecule has 10 atom stereocenters. The minimum Gasteiger partial charge on any atom is -0.415 e. The fraction of sp³-hybridized carbons (Fsp3) is 1.00. The molecule has 0 aromatic carbocycles. The van der Waals surface area contributed by atoms with E-state index in [-0.39, 0.29) is 0 Å². The Morgan fingerprint density at radius 1 is 0.722 bits per heavy atom. The summed E-state index contributed by atoms with van der Waals surface area (Å²) >= 11 is 0. The average molecular weight is 553 g/mol. The summed E-state index contributed by atoms with van der Waals surface area (Å²) in [6.45, 7) is 29.2. The molecule has 0 radical (unpaired) electrons. The Labute approximate surface area is 227 Å². The zero-order valence-corrected chi connectivity index (χ0v) is 29.0. The van der Waals surface area contributed by atoms with Crippen LogP contribution in [0.25, 0.3) is 0 Å². The molecule has 210 valence electrons. The van der Waals surface area contributed by atoms with Crippen molar-refractivity contribution in [3.8, 4) is 0 Å². The average Bonchev–Trinajstić information content (AvgIpc) is 3.01. The van der Waals surface area contributed by atoms with Crippen molar-refractivity contribution < 1.29 is 13.3 Å². The smallest absolute Gasteiger partial charge is 0.184 e. The van der Waals surface area contributed by atoms with Gasteiger partial charge in [0.25, 0.3) is 0 Å². The number of hydrogen-bond acceptors (Lipinski definition) is 3. The third-order valence-corrected chi connectivity index (χ3v) is 13.9. The van der Waals surface area contributed by atoms with E-state index in [0.29, 0.717) is 35.1 Å². The van der Waals surface area contributed by atoms with E-state index in [0.717, 1.165) is 23.7 Å². The Morgan fingerprint density at radius 3 is 1.94 bits per heavy atom. The molecule has 4 rings (SSSR count). The van der Waals surface area contributed by atoms with E-state index in [1.54, 1.807) is 0 Å². The standard InChI is InChI=1S/C30H60O3Si3/c1-21(31-34(4,5)6)25-15-16-26-24-14-13-22-19-23(32-35(7,8)9)17-18-29(22,2)28(24)27(20-30(25,26)3)33-36(10,11)12/h21-28H,13-20H2,1-12H3/t21-,22+,23-,24?,25+,26?,27-,28?,29-,30+/m0/s1. The van der Waals surface area contributed by atoms with Crippen molar-refractivity contribution in [1.29, 1.82) is 0 Å². The molecule has 0 spiro atoms. The first-order chi connectivity index (χ1) is 16.3. The van der Waals surface area contributed by atoms with Crippen LogP contribution in [-0.2, 0) is 13.3 Å². The van der Waals surface area contributed by atoms with Crippen LogP contribution in [-0.4, -0.2) is 43.3 Å². The van der Waals surface area contributed by atoms with E-state index in [4.69, 9.17) is 13.3 Å². The van der Waals surface area contributed by atoms with E-state index in [2.05, 4.69) is 79.7 Å². The topological polar surface area (TPSA) is 27.7 Å². The van der Waals surface area contributed by atoms with Crippen LogP contribution in [0, 0.1) is 40.4 Å². The first-order valence-electron chi connectivity index (χ1n) is 15.4. The summed E-state index contributed by atoms with van der Waals surface area (Å²) in [6, 6.07) is 0. The molecule has 4 saturated carbocycles. The maximum Gasteiger partial charge on any atom is 0.184 e. The predicted octanol–water partition coefficient (Wildman–Crippen LogP) is 8.94. The molecule has 4 aliphatic rings. The third kappa shape index (κ3) is 5.99. The maximum absolute atomic E-state index is 7.25. The molecule has 0 aromatic heterocycles. The Hall–Kier alpha value is 0.531. The molecule has 3 unspecified atom stereocenters. The van der Waals surface area contributed by atoms with Crippen LogP contribution in [0.15, 0.2) is 0 Å². The van der Waals surface area contributed by atoms with Crippen LogP contribution in [0.5, 0.6) is 0 Å². The maximum atomic E-state index is 7.25. The van der Waals surface area contributed by atoms with E-state index in [1.807, 2.05) is 0 Å². The van der Waals surface area contributed by atoms with E-state index >= 15 is 0 Å². The highest BCUT2D eigenvalue weighted by atomic mass is 28.4. The monoisotopic (exact) mass is 552 g/mol. The summed E-state index contributed by atoms with van der Waals surface area (Å²) in [5.41, 5.74) is 0.762. The van der Waals surface area contributed by atoms with E-state index in [1.165, 1.54) is 51.4 Å². The van der Waals surface area contributed by atoms with Gasteiger partial charge in [0, 0.05) is 18.3 Å². The van der Waals surface area contributed by atoms with Gasteiger partial charge >= 0.3 is 0 Å². The lowest BCUT2D eigenvalue weighted by Gasteiger charge is -2.64. The molecule has 0 amide bonds. The van der Waals surface area contributed by atoms with Crippen molar-refractivity contribution in [2.75, 3.05) is 0 Å². The van der Waals surface area contributed by atoms with Crippen molar-refractivity contribution in [2.24, 2.45) is 40.4 Å². The van der Waals surface area contributed by atoms with Gasteiger partial charge < -0.3 is 13.3 Å². The lowest BCUT2D eigenvalue weighted by atomic mass is 9.44. The van der Waals surface area contributed by atoms with Gasteiger partial charge in [0.15, 0.2) is 25.0 Å². The van der Waals surface area contributed by atoms with E-state index in [9.17, 15) is 0 Å². The molecule has 0 N–H and O–H groups in total. The van der Waals surface area contributed by atoms with Crippen molar-refractivity contribution in [2.45, 2.75) is 149 Å². The highest BCUT2D eigenvalue weighted by Crippen LogP contribution is 2.68. The molecule has 4 aliphatic carbocycles. The third-order valence-electron chi connectivity index (χ3n) is 10.7. The largest absolute Gasteiger partial charge is 0.415 e. The van der Waals surface area contributed by atoms with Crippen LogP contribution < -0.4 is 0 Å². The predicted molar refractivity (Wildman–Crippen MR) is 161 cm³/mol. The van der Waals surface area contributed by atoms with Crippen LogP contribution in [0.1, 0.15) is 72.1 Å². The lowest BCUT2D eigenvalue weighted by Crippen LogP contribution is -2.61. The van der Waals surface area contributed by atoms with E-state index < -0.39 is 25.0 Å². The Kier molecular flexibility index (Phi) is 8.09. The lowest BCUT2D eigenvalue weighted by molar-refractivity contribution is -0.175. The first-order valence-corrected chi connectivity index (χ1v) is 25.6. The van der Waals surface area contributed by atoms with Gasteiger partial charge in [-0.25, -0.2) is 0 Å². The zero-order chi connectivity index (χ0) is 26.9. The fourth-order valence-corrected chi connectivity index (χ4v) is 13.6. The SMILES string of the molecule is C[C@H](O[Si](C)(C)C)[C@H]1CCC2C3CC[C@@H]4C[C@@H](O[Si](C)(C)C)CC[C@]4(C)C3[C@@H](O[Si](C)(C)C)C[C@@]21C. The summed E-state index contributed by atoms with van der Waals surface area (Å²) in [4.78, 5) is 0. The second-order valence-corrected chi connectivity index (χ2v) is 30.2. The minimum atomic E-state index is -1.66. The van der Waals surface area contributed by atoms with Gasteiger partial charge in [-0.15, -0.1) is 0 Å². The Bertz CT molecular complexity index is 784. The van der Waals surface area contributed by atoms with Gasteiger partial charge in [-0.2, -0.15) is 0 Å².